The van der Waals surface area contributed by atoms with Gasteiger partial charge >= 0.3 is 6.18 Å². The molecule has 0 fully saturated rings. The van der Waals surface area contributed by atoms with Gasteiger partial charge in [-0.25, -0.2) is 8.42 Å². The van der Waals surface area contributed by atoms with Crippen LogP contribution in [0.15, 0.2) is 47.4 Å². The number of hydrogen-bond acceptors (Lipinski definition) is 2. The predicted molar refractivity (Wildman–Crippen MR) is 78.4 cm³/mol. The molecule has 0 amide bonds. The third-order valence-corrected chi connectivity index (χ3v) is 4.42. The van der Waals surface area contributed by atoms with E-state index < -0.39 is 21.8 Å². The zero-order valence-corrected chi connectivity index (χ0v) is 12.9. The second-order valence-electron chi connectivity index (χ2n) is 4.64. The standard InChI is InChI=1S/C14H11ClF3NO2S/c1-9-2-4-13(5-3-9)22(20,21)19-12-7-10(14(16,17)18)6-11(15)8-12/h2-8,19H,1H3. The molecule has 1 N–H and O–H groups in total. The van der Waals surface area contributed by atoms with Crippen LogP contribution in [0.5, 0.6) is 0 Å². The van der Waals surface area contributed by atoms with Crippen molar-refractivity contribution in [2.24, 2.45) is 0 Å². The number of rotatable bonds is 3. The molecule has 2 rings (SSSR count). The van der Waals surface area contributed by atoms with Gasteiger partial charge in [0, 0.05) is 5.02 Å². The van der Waals surface area contributed by atoms with Crippen molar-refractivity contribution in [2.75, 3.05) is 4.72 Å². The molecule has 0 radical (unpaired) electrons. The van der Waals surface area contributed by atoms with Gasteiger partial charge < -0.3 is 0 Å². The number of halogens is 4. The lowest BCUT2D eigenvalue weighted by molar-refractivity contribution is -0.137. The van der Waals surface area contributed by atoms with Gasteiger partial charge in [0.05, 0.1) is 16.1 Å². The lowest BCUT2D eigenvalue weighted by Gasteiger charge is -2.12. The van der Waals surface area contributed by atoms with Gasteiger partial charge in [-0.3, -0.25) is 4.72 Å². The van der Waals surface area contributed by atoms with Crippen LogP contribution in [0.4, 0.5) is 18.9 Å². The van der Waals surface area contributed by atoms with Crippen molar-refractivity contribution >= 4 is 27.3 Å². The predicted octanol–water partition coefficient (Wildman–Crippen LogP) is 4.47. The summed E-state index contributed by atoms with van der Waals surface area (Å²) in [5, 5.41) is -0.212. The van der Waals surface area contributed by atoms with Crippen molar-refractivity contribution in [1.82, 2.24) is 0 Å². The van der Waals surface area contributed by atoms with Crippen molar-refractivity contribution in [3.63, 3.8) is 0 Å². The van der Waals surface area contributed by atoms with Gasteiger partial charge in [-0.05, 0) is 37.3 Å². The molecule has 8 heteroatoms. The molecule has 0 heterocycles. The van der Waals surface area contributed by atoms with Crippen LogP contribution in [0.2, 0.25) is 5.02 Å². The summed E-state index contributed by atoms with van der Waals surface area (Å²) in [6.45, 7) is 1.79. The Morgan fingerprint density at radius 1 is 1.05 bits per heavy atom. The quantitative estimate of drug-likeness (QED) is 0.888. The van der Waals surface area contributed by atoms with Crippen molar-refractivity contribution in [2.45, 2.75) is 18.0 Å². The Labute approximate surface area is 130 Å². The Morgan fingerprint density at radius 3 is 2.18 bits per heavy atom. The van der Waals surface area contributed by atoms with Crippen molar-refractivity contribution in [3.05, 3.63) is 58.6 Å². The number of anilines is 1. The first kappa shape index (κ1) is 16.6. The second kappa shape index (κ2) is 5.81. The van der Waals surface area contributed by atoms with Gasteiger partial charge in [0.25, 0.3) is 10.0 Å². The van der Waals surface area contributed by atoms with Gasteiger partial charge in [0.15, 0.2) is 0 Å². The zero-order chi connectivity index (χ0) is 16.5. The molecular formula is C14H11ClF3NO2S. The van der Waals surface area contributed by atoms with Gasteiger partial charge in [-0.15, -0.1) is 0 Å². The van der Waals surface area contributed by atoms with Gasteiger partial charge in [0.2, 0.25) is 0 Å². The van der Waals surface area contributed by atoms with Crippen LogP contribution < -0.4 is 4.72 Å². The minimum absolute atomic E-state index is 0.0494. The molecule has 2 aromatic rings. The Hall–Kier alpha value is -1.73. The molecule has 3 nitrogen and oxygen atoms in total. The monoisotopic (exact) mass is 349 g/mol. The Kier molecular flexibility index (Phi) is 4.39. The fourth-order valence-electron chi connectivity index (χ4n) is 1.74. The Morgan fingerprint density at radius 2 is 1.64 bits per heavy atom. The van der Waals surface area contributed by atoms with E-state index in [9.17, 15) is 21.6 Å². The molecule has 0 bridgehead atoms. The molecule has 0 saturated heterocycles. The number of hydrogen-bond donors (Lipinski definition) is 1. The minimum Gasteiger partial charge on any atom is -0.280 e. The Balaban J connectivity index is 2.38. The van der Waals surface area contributed by atoms with Crippen LogP contribution in [0.25, 0.3) is 0 Å². The summed E-state index contributed by atoms with van der Waals surface area (Å²) in [5.74, 6) is 0. The molecule has 0 aromatic heterocycles. The molecule has 0 aliphatic heterocycles. The summed E-state index contributed by atoms with van der Waals surface area (Å²) in [6, 6.07) is 8.45. The third-order valence-electron chi connectivity index (χ3n) is 2.81. The summed E-state index contributed by atoms with van der Waals surface area (Å²) in [4.78, 5) is -0.0494. The molecule has 2 aromatic carbocycles. The highest BCUT2D eigenvalue weighted by molar-refractivity contribution is 7.92. The smallest absolute Gasteiger partial charge is 0.280 e. The number of alkyl halides is 3. The molecule has 0 aliphatic carbocycles. The lowest BCUT2D eigenvalue weighted by atomic mass is 10.2. The van der Waals surface area contributed by atoms with Crippen LogP contribution >= 0.6 is 11.6 Å². The van der Waals surface area contributed by atoms with Crippen LogP contribution in [0.3, 0.4) is 0 Å². The number of nitrogens with one attached hydrogen (secondary N) is 1. The summed E-state index contributed by atoms with van der Waals surface area (Å²) in [5.41, 5.74) is -0.414. The fourth-order valence-corrected chi connectivity index (χ4v) is 3.02. The maximum absolute atomic E-state index is 12.7. The Bertz CT molecular complexity index is 787. The molecule has 0 spiro atoms. The summed E-state index contributed by atoms with van der Waals surface area (Å²) in [7, 11) is -3.99. The molecule has 0 aliphatic rings. The number of benzene rings is 2. The van der Waals surface area contributed by atoms with Crippen molar-refractivity contribution in [3.8, 4) is 0 Å². The van der Waals surface area contributed by atoms with E-state index in [1.54, 1.807) is 19.1 Å². The van der Waals surface area contributed by atoms with E-state index in [2.05, 4.69) is 4.72 Å². The topological polar surface area (TPSA) is 46.2 Å². The first-order valence-electron chi connectivity index (χ1n) is 6.05. The average molecular weight is 350 g/mol. The molecule has 22 heavy (non-hydrogen) atoms. The molecular weight excluding hydrogens is 339 g/mol. The summed E-state index contributed by atoms with van der Waals surface area (Å²) >= 11 is 5.62. The average Bonchev–Trinajstić information content (AvgIpc) is 2.36. The highest BCUT2D eigenvalue weighted by Gasteiger charge is 2.31. The molecule has 0 atom stereocenters. The number of aryl methyl sites for hydroxylation is 1. The van der Waals surface area contributed by atoms with E-state index in [4.69, 9.17) is 11.6 Å². The number of sulfonamides is 1. The van der Waals surface area contributed by atoms with E-state index in [-0.39, 0.29) is 15.6 Å². The maximum atomic E-state index is 12.7. The van der Waals surface area contributed by atoms with Crippen LogP contribution in [-0.2, 0) is 16.2 Å². The highest BCUT2D eigenvalue weighted by atomic mass is 35.5. The van der Waals surface area contributed by atoms with E-state index in [1.807, 2.05) is 0 Å². The summed E-state index contributed by atoms with van der Waals surface area (Å²) in [6.07, 6.45) is -4.62. The zero-order valence-electron chi connectivity index (χ0n) is 11.3. The first-order chi connectivity index (χ1) is 10.1. The van der Waals surface area contributed by atoms with Crippen LogP contribution in [0, 0.1) is 6.92 Å². The van der Waals surface area contributed by atoms with Crippen molar-refractivity contribution < 1.29 is 21.6 Å². The minimum atomic E-state index is -4.62. The van der Waals surface area contributed by atoms with Crippen molar-refractivity contribution in [1.29, 1.82) is 0 Å². The van der Waals surface area contributed by atoms with Gasteiger partial charge in [0.1, 0.15) is 0 Å². The normalized spacial score (nSPS) is 12.2. The summed E-state index contributed by atoms with van der Waals surface area (Å²) < 4.78 is 64.5. The molecule has 0 unspecified atom stereocenters. The van der Waals surface area contributed by atoms with Gasteiger partial charge in [-0.1, -0.05) is 29.3 Å². The fraction of sp³-hybridized carbons (Fsp3) is 0.143. The lowest BCUT2D eigenvalue weighted by Crippen LogP contribution is -2.14. The highest BCUT2D eigenvalue weighted by Crippen LogP contribution is 2.33. The SMILES string of the molecule is Cc1ccc(S(=O)(=O)Nc2cc(Cl)cc(C(F)(F)F)c2)cc1. The van der Waals surface area contributed by atoms with Gasteiger partial charge in [-0.2, -0.15) is 13.2 Å². The van der Waals surface area contributed by atoms with E-state index >= 15 is 0 Å². The van der Waals surface area contributed by atoms with Crippen LogP contribution in [-0.4, -0.2) is 8.42 Å². The van der Waals surface area contributed by atoms with E-state index in [1.165, 1.54) is 12.1 Å². The second-order valence-corrected chi connectivity index (χ2v) is 6.76. The van der Waals surface area contributed by atoms with Crippen LogP contribution in [0.1, 0.15) is 11.1 Å². The largest absolute Gasteiger partial charge is 0.416 e. The molecule has 0 saturated carbocycles. The first-order valence-corrected chi connectivity index (χ1v) is 7.91. The molecule has 118 valence electrons. The van der Waals surface area contributed by atoms with E-state index in [0.29, 0.717) is 6.07 Å². The maximum Gasteiger partial charge on any atom is 0.416 e. The third kappa shape index (κ3) is 3.92. The van der Waals surface area contributed by atoms with E-state index in [0.717, 1.165) is 17.7 Å².